The lowest BCUT2D eigenvalue weighted by molar-refractivity contribution is 0.520. The third-order valence-electron chi connectivity index (χ3n) is 4.15. The maximum Gasteiger partial charge on any atom is 0.242 e. The Morgan fingerprint density at radius 1 is 0.964 bits per heavy atom. The van der Waals surface area contributed by atoms with Crippen LogP contribution in [0.15, 0.2) is 77.0 Å². The number of nitrogens with zero attached hydrogens (tertiary/aromatic N) is 1. The fourth-order valence-electron chi connectivity index (χ4n) is 2.62. The second-order valence-corrected chi connectivity index (χ2v) is 12.4. The first-order chi connectivity index (χ1) is 12.9. The summed E-state index contributed by atoms with van der Waals surface area (Å²) in [6.45, 7) is 7.17. The number of sulfonamides is 2. The number of hydrogen-bond acceptors (Lipinski definition) is 5. The summed E-state index contributed by atoms with van der Waals surface area (Å²) in [5.74, 6) is 2.49. The Labute approximate surface area is 165 Å². The van der Waals surface area contributed by atoms with Crippen molar-refractivity contribution in [3.63, 3.8) is 0 Å². The van der Waals surface area contributed by atoms with E-state index in [2.05, 4.69) is 13.2 Å². The highest BCUT2D eigenvalue weighted by atomic mass is 32.2. The summed E-state index contributed by atoms with van der Waals surface area (Å²) in [7, 11) is -8.56. The van der Waals surface area contributed by atoms with Gasteiger partial charge >= 0.3 is 0 Å². The van der Waals surface area contributed by atoms with Crippen molar-refractivity contribution in [1.82, 2.24) is 4.31 Å². The number of hydrogen-bond donors (Lipinski definition) is 1. The molecule has 0 heterocycles. The van der Waals surface area contributed by atoms with Crippen LogP contribution in [-0.2, 0) is 24.6 Å². The van der Waals surface area contributed by atoms with Gasteiger partial charge in [0.2, 0.25) is 20.0 Å². The SMILES string of the molecule is C=CP(=O)(C=C)c1ccccc1-c1cc(S(=O)(=O)N(C)C)ccc1S(N)(=O)=O. The molecule has 0 unspecified atom stereocenters. The molecule has 0 saturated carbocycles. The van der Waals surface area contributed by atoms with Crippen LogP contribution >= 0.6 is 7.14 Å². The summed E-state index contributed by atoms with van der Waals surface area (Å²) < 4.78 is 63.5. The average Bonchev–Trinajstić information content (AvgIpc) is 2.66. The molecule has 0 atom stereocenters. The van der Waals surface area contributed by atoms with E-state index in [4.69, 9.17) is 5.14 Å². The van der Waals surface area contributed by atoms with Crippen LogP contribution in [-0.4, -0.2) is 35.2 Å². The fraction of sp³-hybridized carbons (Fsp3) is 0.111. The third-order valence-corrected chi connectivity index (χ3v) is 9.16. The first-order valence-electron chi connectivity index (χ1n) is 7.94. The summed E-state index contributed by atoms with van der Waals surface area (Å²) >= 11 is 0. The van der Waals surface area contributed by atoms with Gasteiger partial charge in [-0.3, -0.25) is 0 Å². The summed E-state index contributed by atoms with van der Waals surface area (Å²) in [6, 6.07) is 9.87. The van der Waals surface area contributed by atoms with Crippen molar-refractivity contribution in [3.05, 3.63) is 67.3 Å². The van der Waals surface area contributed by atoms with Crippen LogP contribution in [0.2, 0.25) is 0 Å². The van der Waals surface area contributed by atoms with Crippen LogP contribution in [0.5, 0.6) is 0 Å². The van der Waals surface area contributed by atoms with E-state index in [-0.39, 0.29) is 26.2 Å². The number of primary sulfonamides is 1. The second-order valence-electron chi connectivity index (χ2n) is 6.08. The lowest BCUT2D eigenvalue weighted by Crippen LogP contribution is -2.23. The molecular formula is C18H21N2O5PS2. The maximum absolute atomic E-state index is 13.2. The molecule has 0 aliphatic rings. The molecule has 150 valence electrons. The molecule has 7 nitrogen and oxygen atoms in total. The smallest absolute Gasteiger partial charge is 0.242 e. The minimum atomic E-state index is -4.19. The lowest BCUT2D eigenvalue weighted by atomic mass is 10.1. The second kappa shape index (κ2) is 7.77. The molecule has 0 radical (unpaired) electrons. The fourth-order valence-corrected chi connectivity index (χ4v) is 5.71. The van der Waals surface area contributed by atoms with Crippen LogP contribution in [0.4, 0.5) is 0 Å². The molecule has 2 aromatic carbocycles. The molecule has 0 fully saturated rings. The molecule has 10 heteroatoms. The zero-order valence-electron chi connectivity index (χ0n) is 15.4. The molecule has 0 aliphatic heterocycles. The molecule has 2 aromatic rings. The first-order valence-corrected chi connectivity index (χ1v) is 12.8. The molecule has 28 heavy (non-hydrogen) atoms. The van der Waals surface area contributed by atoms with E-state index >= 15 is 0 Å². The van der Waals surface area contributed by atoms with Gasteiger partial charge in [0.1, 0.15) is 0 Å². The van der Waals surface area contributed by atoms with Crippen molar-refractivity contribution in [1.29, 1.82) is 0 Å². The van der Waals surface area contributed by atoms with Gasteiger partial charge in [0.15, 0.2) is 7.14 Å². The van der Waals surface area contributed by atoms with Gasteiger partial charge in [0.25, 0.3) is 0 Å². The monoisotopic (exact) mass is 440 g/mol. The van der Waals surface area contributed by atoms with E-state index < -0.39 is 27.2 Å². The van der Waals surface area contributed by atoms with Crippen molar-refractivity contribution < 1.29 is 21.4 Å². The van der Waals surface area contributed by atoms with Gasteiger partial charge in [-0.1, -0.05) is 37.4 Å². The van der Waals surface area contributed by atoms with Crippen molar-refractivity contribution in [2.45, 2.75) is 9.79 Å². The normalized spacial score (nSPS) is 12.7. The summed E-state index contributed by atoms with van der Waals surface area (Å²) in [5, 5.41) is 5.62. The molecule has 2 N–H and O–H groups in total. The first kappa shape index (κ1) is 22.3. The van der Waals surface area contributed by atoms with Gasteiger partial charge in [0.05, 0.1) is 9.79 Å². The van der Waals surface area contributed by atoms with Crippen molar-refractivity contribution >= 4 is 32.5 Å². The zero-order valence-corrected chi connectivity index (χ0v) is 18.0. The van der Waals surface area contributed by atoms with Crippen LogP contribution in [0.25, 0.3) is 11.1 Å². The molecule has 0 amide bonds. The Morgan fingerprint density at radius 3 is 2.04 bits per heavy atom. The Kier molecular flexibility index (Phi) is 6.18. The van der Waals surface area contributed by atoms with E-state index in [1.54, 1.807) is 24.3 Å². The Hall–Kier alpha value is -2.03. The van der Waals surface area contributed by atoms with Gasteiger partial charge in [-0.15, -0.1) is 0 Å². The van der Waals surface area contributed by atoms with Crippen molar-refractivity contribution in [2.75, 3.05) is 14.1 Å². The molecule has 0 spiro atoms. The standard InChI is InChI=1S/C18H21N2O5PS2/c1-5-26(21,6-2)17-10-8-7-9-15(17)16-13-14(28(24,25)20(3)4)11-12-18(16)27(19,22)23/h5-13H,1-2H2,3-4H3,(H2,19,22,23). The van der Waals surface area contributed by atoms with Crippen LogP contribution in [0.1, 0.15) is 0 Å². The molecule has 2 rings (SSSR count). The number of benzene rings is 2. The molecule has 0 aliphatic carbocycles. The van der Waals surface area contributed by atoms with Crippen LogP contribution in [0.3, 0.4) is 0 Å². The maximum atomic E-state index is 13.2. The molecular weight excluding hydrogens is 419 g/mol. The van der Waals surface area contributed by atoms with Crippen molar-refractivity contribution in [3.8, 4) is 11.1 Å². The quantitative estimate of drug-likeness (QED) is 0.665. The van der Waals surface area contributed by atoms with E-state index in [1.165, 1.54) is 37.9 Å². The van der Waals surface area contributed by atoms with Gasteiger partial charge in [-0.2, -0.15) is 0 Å². The van der Waals surface area contributed by atoms with Crippen molar-refractivity contribution in [2.24, 2.45) is 5.14 Å². The van der Waals surface area contributed by atoms with E-state index in [9.17, 15) is 21.4 Å². The minimum Gasteiger partial charge on any atom is -0.310 e. The highest BCUT2D eigenvalue weighted by Crippen LogP contribution is 2.49. The Morgan fingerprint density at radius 2 is 1.54 bits per heavy atom. The summed E-state index contributed by atoms with van der Waals surface area (Å²) in [4.78, 5) is -0.404. The third kappa shape index (κ3) is 4.04. The van der Waals surface area contributed by atoms with E-state index in [0.29, 0.717) is 0 Å². The topological polar surface area (TPSA) is 115 Å². The highest BCUT2D eigenvalue weighted by Gasteiger charge is 2.27. The molecule has 0 saturated heterocycles. The lowest BCUT2D eigenvalue weighted by Gasteiger charge is -2.18. The summed E-state index contributed by atoms with van der Waals surface area (Å²) in [6.07, 6.45) is 0. The predicted octanol–water partition coefficient (Wildman–Crippen LogP) is 2.53. The minimum absolute atomic E-state index is 0.0324. The van der Waals surface area contributed by atoms with Gasteiger partial charge in [-0.25, -0.2) is 26.3 Å². The van der Waals surface area contributed by atoms with Gasteiger partial charge in [0, 0.05) is 25.0 Å². The largest absolute Gasteiger partial charge is 0.310 e. The Balaban J connectivity index is 2.99. The van der Waals surface area contributed by atoms with Crippen LogP contribution < -0.4 is 10.4 Å². The summed E-state index contributed by atoms with van der Waals surface area (Å²) in [5.41, 5.74) is 0.301. The van der Waals surface area contributed by atoms with Crippen LogP contribution in [0, 0.1) is 0 Å². The average molecular weight is 440 g/mol. The number of nitrogens with two attached hydrogens (primary N) is 1. The van der Waals surface area contributed by atoms with E-state index in [1.807, 2.05) is 0 Å². The molecule has 0 aromatic heterocycles. The van der Waals surface area contributed by atoms with E-state index in [0.717, 1.165) is 10.4 Å². The molecule has 0 bridgehead atoms. The van der Waals surface area contributed by atoms with Gasteiger partial charge < -0.3 is 4.57 Å². The number of rotatable bonds is 7. The predicted molar refractivity (Wildman–Crippen MR) is 112 cm³/mol. The zero-order chi connectivity index (χ0) is 21.3. The Bertz CT molecular complexity index is 1190. The van der Waals surface area contributed by atoms with Gasteiger partial charge in [-0.05, 0) is 35.4 Å². The highest BCUT2D eigenvalue weighted by molar-refractivity contribution is 7.89.